The van der Waals surface area contributed by atoms with Crippen molar-refractivity contribution in [3.63, 3.8) is 0 Å². The SMILES string of the molecule is CCCCC/C=C\C=C/[C@@H](O)C/C=C\C/C=C/CCCC(=O)OC[C@H](COP(=O)(O)OCCN)O/C=C/CCCCCCCC/C=C\CCCCCC. The second kappa shape index (κ2) is 39.4. The Morgan fingerprint density at radius 1 is 0.679 bits per heavy atom. The average molecular weight is 766 g/mol. The Bertz CT molecular complexity index is 1050. The van der Waals surface area contributed by atoms with Crippen molar-refractivity contribution in [2.24, 2.45) is 5.73 Å². The first kappa shape index (κ1) is 50.7. The summed E-state index contributed by atoms with van der Waals surface area (Å²) in [5, 5.41) is 10.0. The van der Waals surface area contributed by atoms with E-state index in [1.165, 1.54) is 83.5 Å². The number of carbonyl (C=O) groups excluding carboxylic acids is 1. The molecule has 0 saturated heterocycles. The van der Waals surface area contributed by atoms with Crippen molar-refractivity contribution >= 4 is 13.8 Å². The maximum Gasteiger partial charge on any atom is 0.472 e. The number of aliphatic hydroxyl groups is 1. The predicted molar refractivity (Wildman–Crippen MR) is 220 cm³/mol. The molecule has 0 amide bonds. The number of allylic oxidation sites excluding steroid dienone is 9. The van der Waals surface area contributed by atoms with Crippen LogP contribution in [-0.4, -0.2) is 54.5 Å². The van der Waals surface area contributed by atoms with Gasteiger partial charge in [0.2, 0.25) is 0 Å². The van der Waals surface area contributed by atoms with Gasteiger partial charge in [-0.25, -0.2) is 4.57 Å². The lowest BCUT2D eigenvalue weighted by Crippen LogP contribution is -2.25. The quantitative estimate of drug-likeness (QED) is 0.0140. The first-order chi connectivity index (χ1) is 25.8. The van der Waals surface area contributed by atoms with E-state index in [4.69, 9.17) is 24.3 Å². The highest BCUT2D eigenvalue weighted by Crippen LogP contribution is 2.43. The number of ether oxygens (including phenoxy) is 2. The van der Waals surface area contributed by atoms with Crippen LogP contribution in [-0.2, 0) is 27.9 Å². The van der Waals surface area contributed by atoms with Crippen LogP contribution in [0.1, 0.15) is 155 Å². The number of hydrogen-bond donors (Lipinski definition) is 3. The first-order valence-electron chi connectivity index (χ1n) is 20.6. The van der Waals surface area contributed by atoms with Gasteiger partial charge in [0.05, 0.1) is 25.6 Å². The second-order valence-electron chi connectivity index (χ2n) is 13.4. The molecule has 0 aromatic heterocycles. The molecule has 0 aromatic carbocycles. The molecule has 0 heterocycles. The summed E-state index contributed by atoms with van der Waals surface area (Å²) in [6.45, 7) is 3.99. The van der Waals surface area contributed by atoms with Gasteiger partial charge in [-0.3, -0.25) is 13.8 Å². The predicted octanol–water partition coefficient (Wildman–Crippen LogP) is 11.3. The van der Waals surface area contributed by atoms with Gasteiger partial charge in [0.1, 0.15) is 6.61 Å². The molecule has 3 atom stereocenters. The van der Waals surface area contributed by atoms with Gasteiger partial charge in [-0.1, -0.05) is 132 Å². The molecule has 0 saturated carbocycles. The van der Waals surface area contributed by atoms with Crippen LogP contribution < -0.4 is 5.73 Å². The van der Waals surface area contributed by atoms with Crippen LogP contribution in [0.5, 0.6) is 0 Å². The summed E-state index contributed by atoms with van der Waals surface area (Å²) in [6.07, 6.45) is 46.2. The van der Waals surface area contributed by atoms with Gasteiger partial charge in [0.15, 0.2) is 6.10 Å². The van der Waals surface area contributed by atoms with E-state index in [-0.39, 0.29) is 38.8 Å². The Balaban J connectivity index is 4.29. The number of carbonyl (C=O) groups is 1. The zero-order chi connectivity index (χ0) is 38.9. The minimum absolute atomic E-state index is 0.0796. The summed E-state index contributed by atoms with van der Waals surface area (Å²) < 4.78 is 33.0. The van der Waals surface area contributed by atoms with Crippen LogP contribution in [0, 0.1) is 0 Å². The van der Waals surface area contributed by atoms with Gasteiger partial charge in [-0.15, -0.1) is 0 Å². The monoisotopic (exact) mass is 766 g/mol. The van der Waals surface area contributed by atoms with Crippen LogP contribution in [0.25, 0.3) is 0 Å². The minimum Gasteiger partial charge on any atom is -0.492 e. The molecule has 0 spiro atoms. The van der Waals surface area contributed by atoms with Gasteiger partial charge in [-0.05, 0) is 83.1 Å². The average Bonchev–Trinajstić information content (AvgIpc) is 3.14. The van der Waals surface area contributed by atoms with E-state index in [1.807, 2.05) is 42.5 Å². The van der Waals surface area contributed by atoms with Gasteiger partial charge in [0, 0.05) is 13.0 Å². The topological polar surface area (TPSA) is 138 Å². The number of nitrogens with two attached hydrogens (primary N) is 1. The third-order valence-electron chi connectivity index (χ3n) is 8.27. The van der Waals surface area contributed by atoms with Crippen molar-refractivity contribution < 1.29 is 37.9 Å². The van der Waals surface area contributed by atoms with E-state index in [2.05, 4.69) is 32.1 Å². The molecule has 0 aliphatic heterocycles. The van der Waals surface area contributed by atoms with E-state index in [0.29, 0.717) is 12.8 Å². The van der Waals surface area contributed by atoms with Crippen molar-refractivity contribution in [2.75, 3.05) is 26.4 Å². The van der Waals surface area contributed by atoms with Crippen molar-refractivity contribution in [2.45, 2.75) is 167 Å². The van der Waals surface area contributed by atoms with Crippen molar-refractivity contribution in [1.29, 1.82) is 0 Å². The lowest BCUT2D eigenvalue weighted by Gasteiger charge is -2.19. The number of aliphatic hydroxyl groups excluding tert-OH is 1. The Kier molecular flexibility index (Phi) is 37.8. The summed E-state index contributed by atoms with van der Waals surface area (Å²) in [5.41, 5.74) is 5.35. The number of phosphoric ester groups is 1. The zero-order valence-corrected chi connectivity index (χ0v) is 34.2. The van der Waals surface area contributed by atoms with E-state index in [0.717, 1.165) is 38.5 Å². The van der Waals surface area contributed by atoms with Gasteiger partial charge < -0.3 is 25.2 Å². The minimum atomic E-state index is -4.30. The summed E-state index contributed by atoms with van der Waals surface area (Å²) in [6, 6.07) is 0. The van der Waals surface area contributed by atoms with Crippen molar-refractivity contribution in [3.8, 4) is 0 Å². The smallest absolute Gasteiger partial charge is 0.472 e. The maximum absolute atomic E-state index is 12.4. The number of unbranched alkanes of at least 4 members (excludes halogenated alkanes) is 15. The Hall–Kier alpha value is -2.26. The standard InChI is InChI=1S/C43H76NO8P/c1-3-5-7-9-11-12-13-14-15-16-17-18-19-24-28-32-37-49-42(40-52-53(47,48)51-38-36-44)39-50-43(46)35-31-27-23-20-22-26-30-34-41(45)33-29-25-21-10-8-6-4-2/h12-13,20-21,23,25-26,29-30,32-33,37,41-42,45H,3-11,14-19,22,24,27-28,31,34-36,38-40,44H2,1-2H3,(H,47,48)/b13-12-,23-20+,25-21-,30-26-,33-29-,37-32+/t41-,42-/m1/s1. The molecule has 0 bridgehead atoms. The van der Waals surface area contributed by atoms with E-state index >= 15 is 0 Å². The molecule has 9 nitrogen and oxygen atoms in total. The van der Waals surface area contributed by atoms with E-state index in [9.17, 15) is 19.4 Å². The first-order valence-corrected chi connectivity index (χ1v) is 22.1. The molecule has 4 N–H and O–H groups in total. The fourth-order valence-corrected chi connectivity index (χ4v) is 5.87. The van der Waals surface area contributed by atoms with Crippen LogP contribution >= 0.6 is 7.82 Å². The molecule has 10 heteroatoms. The van der Waals surface area contributed by atoms with E-state index < -0.39 is 20.0 Å². The molecule has 0 rings (SSSR count). The van der Waals surface area contributed by atoms with Crippen LogP contribution in [0.15, 0.2) is 73.1 Å². The molecular formula is C43H76NO8P. The highest BCUT2D eigenvalue weighted by molar-refractivity contribution is 7.47. The van der Waals surface area contributed by atoms with Crippen molar-refractivity contribution in [1.82, 2.24) is 0 Å². The lowest BCUT2D eigenvalue weighted by molar-refractivity contribution is -0.147. The summed E-state index contributed by atoms with van der Waals surface area (Å²) in [7, 11) is -4.30. The summed E-state index contributed by atoms with van der Waals surface area (Å²) >= 11 is 0. The molecule has 306 valence electrons. The highest BCUT2D eigenvalue weighted by atomic mass is 31.2. The Morgan fingerprint density at radius 3 is 1.94 bits per heavy atom. The zero-order valence-electron chi connectivity index (χ0n) is 33.3. The second-order valence-corrected chi connectivity index (χ2v) is 14.9. The maximum atomic E-state index is 12.4. The summed E-state index contributed by atoms with van der Waals surface area (Å²) in [5.74, 6) is -0.376. The number of hydrogen-bond acceptors (Lipinski definition) is 8. The van der Waals surface area contributed by atoms with Gasteiger partial charge >= 0.3 is 13.8 Å². The summed E-state index contributed by atoms with van der Waals surface area (Å²) in [4.78, 5) is 22.2. The normalized spacial score (nSPS) is 14.8. The number of phosphoric acid groups is 1. The molecular weight excluding hydrogens is 689 g/mol. The molecule has 0 aliphatic rings. The molecule has 0 fully saturated rings. The molecule has 0 aromatic rings. The Morgan fingerprint density at radius 2 is 1.25 bits per heavy atom. The lowest BCUT2D eigenvalue weighted by atomic mass is 10.1. The fraction of sp³-hybridized carbons (Fsp3) is 0.698. The molecule has 1 unspecified atom stereocenters. The van der Waals surface area contributed by atoms with E-state index in [1.54, 1.807) is 12.3 Å². The molecule has 53 heavy (non-hydrogen) atoms. The van der Waals surface area contributed by atoms with Crippen LogP contribution in [0.3, 0.4) is 0 Å². The van der Waals surface area contributed by atoms with Gasteiger partial charge in [-0.2, -0.15) is 0 Å². The number of rotatable bonds is 38. The highest BCUT2D eigenvalue weighted by Gasteiger charge is 2.24. The molecule has 0 aliphatic carbocycles. The Labute approximate surface area is 323 Å². The fourth-order valence-electron chi connectivity index (χ4n) is 5.10. The van der Waals surface area contributed by atoms with Crippen molar-refractivity contribution in [3.05, 3.63) is 73.1 Å². The number of esters is 1. The van der Waals surface area contributed by atoms with Crippen LogP contribution in [0.2, 0.25) is 0 Å². The van der Waals surface area contributed by atoms with Gasteiger partial charge in [0.25, 0.3) is 0 Å². The van der Waals surface area contributed by atoms with Crippen LogP contribution in [0.4, 0.5) is 0 Å². The largest absolute Gasteiger partial charge is 0.492 e. The molecule has 0 radical (unpaired) electrons. The third kappa shape index (κ3) is 39.3. The third-order valence-corrected chi connectivity index (χ3v) is 9.25.